The summed E-state index contributed by atoms with van der Waals surface area (Å²) in [4.78, 5) is 22.2. The largest absolute Gasteiger partial charge is 0.346 e. The van der Waals surface area contributed by atoms with E-state index in [1.54, 1.807) is 11.3 Å². The Morgan fingerprint density at radius 3 is 2.52 bits per heavy atom. The molecule has 1 amide bonds. The molecule has 0 saturated carbocycles. The van der Waals surface area contributed by atoms with Gasteiger partial charge in [0, 0.05) is 18.0 Å². The van der Waals surface area contributed by atoms with E-state index in [9.17, 15) is 4.79 Å². The van der Waals surface area contributed by atoms with Crippen molar-refractivity contribution in [1.82, 2.24) is 19.9 Å². The smallest absolute Gasteiger partial charge is 0.226 e. The molecule has 0 saturated heterocycles. The standard InChI is InChI=1S/C23H24N4OS/c1-15(2)21(22-25-18-11-7-8-12-19(18)27(22)3)26-20(28)13-17-14-29-23(24-17)16-9-5-4-6-10-16/h4-12,14-15,21H,13H2,1-3H3,(H,26,28)/t21-/m1/s1. The zero-order valence-corrected chi connectivity index (χ0v) is 17.6. The zero-order valence-electron chi connectivity index (χ0n) is 16.8. The molecule has 5 nitrogen and oxygen atoms in total. The van der Waals surface area contributed by atoms with Crippen molar-refractivity contribution in [3.05, 3.63) is 71.5 Å². The molecule has 0 aliphatic rings. The third kappa shape index (κ3) is 4.07. The van der Waals surface area contributed by atoms with Crippen LogP contribution in [0.5, 0.6) is 0 Å². The summed E-state index contributed by atoms with van der Waals surface area (Å²) in [6.07, 6.45) is 0.260. The third-order valence-electron chi connectivity index (χ3n) is 5.00. The van der Waals surface area contributed by atoms with Gasteiger partial charge in [-0.3, -0.25) is 4.79 Å². The van der Waals surface area contributed by atoms with Crippen LogP contribution in [0.15, 0.2) is 60.0 Å². The van der Waals surface area contributed by atoms with Gasteiger partial charge in [-0.2, -0.15) is 0 Å². The highest BCUT2D eigenvalue weighted by molar-refractivity contribution is 7.13. The van der Waals surface area contributed by atoms with E-state index in [0.717, 1.165) is 33.1 Å². The number of imidazole rings is 1. The number of hydrogen-bond donors (Lipinski definition) is 1. The summed E-state index contributed by atoms with van der Waals surface area (Å²) < 4.78 is 2.07. The first-order valence-electron chi connectivity index (χ1n) is 9.73. The number of nitrogens with one attached hydrogen (secondary N) is 1. The number of rotatable bonds is 6. The van der Waals surface area contributed by atoms with E-state index in [0.29, 0.717) is 0 Å². The van der Waals surface area contributed by atoms with E-state index in [-0.39, 0.29) is 24.3 Å². The third-order valence-corrected chi connectivity index (χ3v) is 5.94. The first-order valence-corrected chi connectivity index (χ1v) is 10.6. The van der Waals surface area contributed by atoms with Crippen molar-refractivity contribution in [2.45, 2.75) is 26.3 Å². The lowest BCUT2D eigenvalue weighted by molar-refractivity contribution is -0.121. The van der Waals surface area contributed by atoms with E-state index < -0.39 is 0 Å². The van der Waals surface area contributed by atoms with E-state index in [4.69, 9.17) is 4.98 Å². The van der Waals surface area contributed by atoms with E-state index in [1.807, 2.05) is 67.0 Å². The summed E-state index contributed by atoms with van der Waals surface area (Å²) >= 11 is 1.56. The van der Waals surface area contributed by atoms with E-state index in [2.05, 4.69) is 28.7 Å². The van der Waals surface area contributed by atoms with Crippen LogP contribution in [0.3, 0.4) is 0 Å². The van der Waals surface area contributed by atoms with Gasteiger partial charge in [0.15, 0.2) is 0 Å². The number of carbonyl (C=O) groups is 1. The highest BCUT2D eigenvalue weighted by atomic mass is 32.1. The predicted molar refractivity (Wildman–Crippen MR) is 118 cm³/mol. The van der Waals surface area contributed by atoms with Crippen LogP contribution in [0.25, 0.3) is 21.6 Å². The molecule has 29 heavy (non-hydrogen) atoms. The Balaban J connectivity index is 1.51. The maximum atomic E-state index is 12.8. The van der Waals surface area contributed by atoms with Crippen molar-refractivity contribution in [3.63, 3.8) is 0 Å². The number of nitrogens with zero attached hydrogens (tertiary/aromatic N) is 3. The molecule has 0 radical (unpaired) electrons. The van der Waals surface area contributed by atoms with Crippen LogP contribution in [0.1, 0.15) is 31.4 Å². The SMILES string of the molecule is CC(C)[C@@H](NC(=O)Cc1csc(-c2ccccc2)n1)c1nc2ccccc2n1C. The Morgan fingerprint density at radius 2 is 1.79 bits per heavy atom. The zero-order chi connectivity index (χ0) is 20.4. The van der Waals surface area contributed by atoms with Crippen molar-refractivity contribution in [2.24, 2.45) is 13.0 Å². The molecule has 2 aromatic heterocycles. The fraction of sp³-hybridized carbons (Fsp3) is 0.261. The summed E-state index contributed by atoms with van der Waals surface area (Å²) in [5, 5.41) is 6.07. The fourth-order valence-corrected chi connectivity index (χ4v) is 4.29. The van der Waals surface area contributed by atoms with Gasteiger partial charge in [-0.1, -0.05) is 56.3 Å². The number of benzene rings is 2. The molecule has 4 rings (SSSR count). The van der Waals surface area contributed by atoms with Gasteiger partial charge in [-0.25, -0.2) is 9.97 Å². The number of thiazole rings is 1. The number of para-hydroxylation sites is 2. The molecule has 148 valence electrons. The second-order valence-corrected chi connectivity index (χ2v) is 8.35. The summed E-state index contributed by atoms with van der Waals surface area (Å²) in [6, 6.07) is 17.9. The number of fused-ring (bicyclic) bond motifs is 1. The number of hydrogen-bond acceptors (Lipinski definition) is 4. The van der Waals surface area contributed by atoms with Gasteiger partial charge in [0.1, 0.15) is 10.8 Å². The molecular weight excluding hydrogens is 380 g/mol. The Labute approximate surface area is 174 Å². The predicted octanol–water partition coefficient (Wildman–Crippen LogP) is 4.75. The number of carbonyl (C=O) groups excluding carboxylic acids is 1. The molecule has 2 aromatic carbocycles. The normalized spacial score (nSPS) is 12.4. The molecule has 0 fully saturated rings. The van der Waals surface area contributed by atoms with Gasteiger partial charge < -0.3 is 9.88 Å². The molecule has 1 atom stereocenters. The van der Waals surface area contributed by atoms with Gasteiger partial charge in [-0.15, -0.1) is 11.3 Å². The number of aromatic nitrogens is 3. The van der Waals surface area contributed by atoms with Crippen molar-refractivity contribution in [2.75, 3.05) is 0 Å². The molecule has 1 N–H and O–H groups in total. The lowest BCUT2D eigenvalue weighted by Crippen LogP contribution is -2.34. The minimum atomic E-state index is -0.160. The van der Waals surface area contributed by atoms with Crippen LogP contribution in [0.2, 0.25) is 0 Å². The van der Waals surface area contributed by atoms with E-state index >= 15 is 0 Å². The molecule has 4 aromatic rings. The van der Waals surface area contributed by atoms with Crippen molar-refractivity contribution in [3.8, 4) is 10.6 Å². The first kappa shape index (κ1) is 19.3. The Kier molecular flexibility index (Phi) is 5.45. The lowest BCUT2D eigenvalue weighted by Gasteiger charge is -2.22. The molecule has 0 unspecified atom stereocenters. The highest BCUT2D eigenvalue weighted by Gasteiger charge is 2.24. The quantitative estimate of drug-likeness (QED) is 0.504. The summed E-state index contributed by atoms with van der Waals surface area (Å²) in [6.45, 7) is 4.20. The lowest BCUT2D eigenvalue weighted by atomic mass is 10.0. The van der Waals surface area contributed by atoms with Crippen LogP contribution < -0.4 is 5.32 Å². The molecular formula is C23H24N4OS. The van der Waals surface area contributed by atoms with Crippen molar-refractivity contribution < 1.29 is 4.79 Å². The van der Waals surface area contributed by atoms with Gasteiger partial charge in [0.25, 0.3) is 0 Å². The van der Waals surface area contributed by atoms with Crippen molar-refractivity contribution >= 4 is 28.3 Å². The second-order valence-electron chi connectivity index (χ2n) is 7.49. The number of amides is 1. The second kappa shape index (κ2) is 8.17. The molecule has 0 aliphatic carbocycles. The van der Waals surface area contributed by atoms with Gasteiger partial charge in [-0.05, 0) is 18.1 Å². The molecule has 6 heteroatoms. The van der Waals surface area contributed by atoms with Crippen LogP contribution in [-0.4, -0.2) is 20.4 Å². The molecule has 0 bridgehead atoms. The monoisotopic (exact) mass is 404 g/mol. The fourth-order valence-electron chi connectivity index (χ4n) is 3.46. The van der Waals surface area contributed by atoms with E-state index in [1.165, 1.54) is 0 Å². The molecule has 0 spiro atoms. The van der Waals surface area contributed by atoms with Gasteiger partial charge in [0.05, 0.1) is 29.2 Å². The molecule has 0 aliphatic heterocycles. The minimum Gasteiger partial charge on any atom is -0.346 e. The summed E-state index contributed by atoms with van der Waals surface area (Å²) in [7, 11) is 2.00. The van der Waals surface area contributed by atoms with Crippen LogP contribution >= 0.6 is 11.3 Å². The average molecular weight is 405 g/mol. The van der Waals surface area contributed by atoms with Gasteiger partial charge >= 0.3 is 0 Å². The molecule has 2 heterocycles. The maximum Gasteiger partial charge on any atom is 0.226 e. The Bertz CT molecular complexity index is 1130. The van der Waals surface area contributed by atoms with Crippen LogP contribution in [-0.2, 0) is 18.3 Å². The van der Waals surface area contributed by atoms with Gasteiger partial charge in [0.2, 0.25) is 5.91 Å². The topological polar surface area (TPSA) is 59.8 Å². The first-order chi connectivity index (χ1) is 14.0. The average Bonchev–Trinajstić information content (AvgIpc) is 3.32. The van der Waals surface area contributed by atoms with Crippen LogP contribution in [0, 0.1) is 5.92 Å². The Morgan fingerprint density at radius 1 is 1.07 bits per heavy atom. The summed E-state index contributed by atoms with van der Waals surface area (Å²) in [5.74, 6) is 1.04. The minimum absolute atomic E-state index is 0.0410. The van der Waals surface area contributed by atoms with Crippen molar-refractivity contribution in [1.29, 1.82) is 0 Å². The highest BCUT2D eigenvalue weighted by Crippen LogP contribution is 2.26. The Hall–Kier alpha value is -2.99. The van der Waals surface area contributed by atoms with Crippen LogP contribution in [0.4, 0.5) is 0 Å². The maximum absolute atomic E-state index is 12.8. The summed E-state index contributed by atoms with van der Waals surface area (Å²) in [5.41, 5.74) is 3.87. The number of aryl methyl sites for hydroxylation is 1.